The number of aromatic nitrogens is 3. The second kappa shape index (κ2) is 7.58. The Balaban J connectivity index is 1.62. The molecule has 2 aromatic heterocycles. The number of hydrogen-bond acceptors (Lipinski definition) is 6. The zero-order valence-corrected chi connectivity index (χ0v) is 14.2. The molecule has 0 atom stereocenters. The molecule has 0 saturated heterocycles. The minimum atomic E-state index is -0.406. The van der Waals surface area contributed by atoms with Gasteiger partial charge >= 0.3 is 0 Å². The fourth-order valence-electron chi connectivity index (χ4n) is 2.20. The first-order chi connectivity index (χ1) is 12.5. The van der Waals surface area contributed by atoms with Crippen LogP contribution in [0.15, 0.2) is 51.4 Å². The van der Waals surface area contributed by atoms with E-state index in [4.69, 9.17) is 5.26 Å². The molecular formula is C17H13N5O3S. The highest BCUT2D eigenvalue weighted by atomic mass is 32.1. The van der Waals surface area contributed by atoms with Gasteiger partial charge in [0, 0.05) is 29.5 Å². The molecule has 3 aromatic rings. The highest BCUT2D eigenvalue weighted by Crippen LogP contribution is 2.25. The van der Waals surface area contributed by atoms with Crippen LogP contribution in [0, 0.1) is 11.3 Å². The Morgan fingerprint density at radius 2 is 2.00 bits per heavy atom. The largest absolute Gasteiger partial charge is 0.302 e. The van der Waals surface area contributed by atoms with Gasteiger partial charge in [0.15, 0.2) is 5.13 Å². The van der Waals surface area contributed by atoms with Crippen LogP contribution in [0.3, 0.4) is 0 Å². The lowest BCUT2D eigenvalue weighted by molar-refractivity contribution is -0.116. The first-order valence-corrected chi connectivity index (χ1v) is 8.49. The third-order valence-corrected chi connectivity index (χ3v) is 4.27. The van der Waals surface area contributed by atoms with E-state index >= 15 is 0 Å². The highest BCUT2D eigenvalue weighted by molar-refractivity contribution is 7.14. The van der Waals surface area contributed by atoms with Crippen molar-refractivity contribution >= 4 is 22.4 Å². The van der Waals surface area contributed by atoms with Crippen molar-refractivity contribution in [2.75, 3.05) is 5.32 Å². The van der Waals surface area contributed by atoms with Gasteiger partial charge in [-0.1, -0.05) is 12.1 Å². The lowest BCUT2D eigenvalue weighted by atomic mass is 10.1. The highest BCUT2D eigenvalue weighted by Gasteiger charge is 2.09. The molecular weight excluding hydrogens is 354 g/mol. The summed E-state index contributed by atoms with van der Waals surface area (Å²) in [6.45, 7) is 0.0641. The van der Waals surface area contributed by atoms with Crippen molar-refractivity contribution in [2.45, 2.75) is 13.0 Å². The number of aromatic amines is 1. The summed E-state index contributed by atoms with van der Waals surface area (Å²) < 4.78 is 1.09. The molecule has 130 valence electrons. The predicted molar refractivity (Wildman–Crippen MR) is 96.8 cm³/mol. The number of anilines is 1. The van der Waals surface area contributed by atoms with Crippen molar-refractivity contribution in [2.24, 2.45) is 0 Å². The fraction of sp³-hybridized carbons (Fsp3) is 0.118. The lowest BCUT2D eigenvalue weighted by Crippen LogP contribution is -2.29. The number of rotatable bonds is 5. The third-order valence-electron chi connectivity index (χ3n) is 3.51. The van der Waals surface area contributed by atoms with Crippen LogP contribution in [0.1, 0.15) is 12.0 Å². The van der Waals surface area contributed by atoms with E-state index < -0.39 is 5.56 Å². The predicted octanol–water partition coefficient (Wildman–Crippen LogP) is 1.56. The number of nitriles is 1. The van der Waals surface area contributed by atoms with Gasteiger partial charge in [0.05, 0.1) is 23.9 Å². The fourth-order valence-corrected chi connectivity index (χ4v) is 2.94. The standard InChI is InChI=1S/C17H13N5O3S/c18-9-11-1-3-12(4-2-11)13-10-26-17(19-13)20-14(23)7-8-22-16(25)6-5-15(24)21-22/h1-6,10H,7-8H2,(H,21,24)(H,19,20,23). The maximum absolute atomic E-state index is 12.0. The van der Waals surface area contributed by atoms with Crippen molar-refractivity contribution < 1.29 is 4.79 Å². The summed E-state index contributed by atoms with van der Waals surface area (Å²) in [4.78, 5) is 39.2. The van der Waals surface area contributed by atoms with Gasteiger partial charge in [0.2, 0.25) is 5.91 Å². The monoisotopic (exact) mass is 367 g/mol. The van der Waals surface area contributed by atoms with Crippen molar-refractivity contribution in [1.29, 1.82) is 5.26 Å². The number of thiazole rings is 1. The second-order valence-corrected chi connectivity index (χ2v) is 6.18. The van der Waals surface area contributed by atoms with E-state index in [0.717, 1.165) is 22.4 Å². The van der Waals surface area contributed by atoms with E-state index in [1.54, 1.807) is 29.6 Å². The van der Waals surface area contributed by atoms with E-state index in [9.17, 15) is 14.4 Å². The minimum absolute atomic E-state index is 0.0195. The van der Waals surface area contributed by atoms with Crippen molar-refractivity contribution in [3.8, 4) is 17.3 Å². The molecule has 2 N–H and O–H groups in total. The Morgan fingerprint density at radius 1 is 1.23 bits per heavy atom. The van der Waals surface area contributed by atoms with Crippen molar-refractivity contribution in [1.82, 2.24) is 14.8 Å². The number of carbonyl (C=O) groups excluding carboxylic acids is 1. The summed E-state index contributed by atoms with van der Waals surface area (Å²) in [5.41, 5.74) is 1.31. The minimum Gasteiger partial charge on any atom is -0.302 e. The number of aryl methyl sites for hydroxylation is 1. The molecule has 0 aliphatic heterocycles. The average molecular weight is 367 g/mol. The van der Waals surface area contributed by atoms with Gasteiger partial charge < -0.3 is 5.32 Å². The lowest BCUT2D eigenvalue weighted by Gasteiger charge is -2.04. The average Bonchev–Trinajstić information content (AvgIpc) is 3.11. The summed E-state index contributed by atoms with van der Waals surface area (Å²) in [5.74, 6) is -0.317. The van der Waals surface area contributed by atoms with E-state index in [-0.39, 0.29) is 24.4 Å². The molecule has 9 heteroatoms. The molecule has 0 bridgehead atoms. The van der Waals surface area contributed by atoms with Gasteiger partial charge in [-0.25, -0.2) is 9.67 Å². The first-order valence-electron chi connectivity index (χ1n) is 7.61. The van der Waals surface area contributed by atoms with Crippen LogP contribution >= 0.6 is 11.3 Å². The molecule has 3 rings (SSSR count). The quantitative estimate of drug-likeness (QED) is 0.709. The van der Waals surface area contributed by atoms with Crippen molar-refractivity contribution in [3.05, 3.63) is 68.0 Å². The van der Waals surface area contributed by atoms with E-state index in [0.29, 0.717) is 16.4 Å². The topological polar surface area (TPSA) is 121 Å². The van der Waals surface area contributed by atoms with E-state index in [1.165, 1.54) is 11.3 Å². The van der Waals surface area contributed by atoms with Crippen LogP contribution in [0.4, 0.5) is 5.13 Å². The number of H-pyrrole nitrogens is 1. The molecule has 0 aliphatic rings. The SMILES string of the molecule is N#Cc1ccc(-c2csc(NC(=O)CCn3[nH]c(=O)ccc3=O)n2)cc1. The molecule has 26 heavy (non-hydrogen) atoms. The molecule has 8 nitrogen and oxygen atoms in total. The number of benzene rings is 1. The maximum atomic E-state index is 12.0. The maximum Gasteiger partial charge on any atom is 0.265 e. The number of carbonyl (C=O) groups is 1. The van der Waals surface area contributed by atoms with Crippen LogP contribution in [-0.2, 0) is 11.3 Å². The van der Waals surface area contributed by atoms with E-state index in [2.05, 4.69) is 21.5 Å². The van der Waals surface area contributed by atoms with Gasteiger partial charge in [0.1, 0.15) is 0 Å². The van der Waals surface area contributed by atoms with Crippen LogP contribution < -0.4 is 16.4 Å². The smallest absolute Gasteiger partial charge is 0.265 e. The molecule has 2 heterocycles. The van der Waals surface area contributed by atoms with Crippen LogP contribution in [0.5, 0.6) is 0 Å². The van der Waals surface area contributed by atoms with Crippen LogP contribution in [0.25, 0.3) is 11.3 Å². The molecule has 1 aromatic carbocycles. The molecule has 0 saturated carbocycles. The molecule has 0 aliphatic carbocycles. The number of nitrogens with zero attached hydrogens (tertiary/aromatic N) is 3. The van der Waals surface area contributed by atoms with Gasteiger partial charge in [-0.3, -0.25) is 19.5 Å². The summed E-state index contributed by atoms with van der Waals surface area (Å²) in [5, 5.41) is 16.1. The first kappa shape index (κ1) is 17.3. The molecule has 0 fully saturated rings. The summed E-state index contributed by atoms with van der Waals surface area (Å²) in [7, 11) is 0. The number of nitrogens with one attached hydrogen (secondary N) is 2. The Hall–Kier alpha value is -3.51. The summed E-state index contributed by atoms with van der Waals surface area (Å²) in [6.07, 6.45) is 0.0195. The molecule has 0 unspecified atom stereocenters. The van der Waals surface area contributed by atoms with Gasteiger partial charge in [-0.05, 0) is 12.1 Å². The third kappa shape index (κ3) is 4.12. The molecule has 1 amide bonds. The number of hydrogen-bond donors (Lipinski definition) is 2. The van der Waals surface area contributed by atoms with Gasteiger partial charge in [-0.15, -0.1) is 11.3 Å². The van der Waals surface area contributed by atoms with Crippen LogP contribution in [0.2, 0.25) is 0 Å². The Kier molecular flexibility index (Phi) is 5.05. The number of amides is 1. The van der Waals surface area contributed by atoms with Gasteiger partial charge in [0.25, 0.3) is 11.1 Å². The summed E-state index contributed by atoms with van der Waals surface area (Å²) in [6, 6.07) is 11.3. The van der Waals surface area contributed by atoms with Crippen LogP contribution in [-0.4, -0.2) is 20.7 Å². The Labute approximate surface area is 151 Å². The Morgan fingerprint density at radius 3 is 2.73 bits per heavy atom. The molecule has 0 spiro atoms. The zero-order chi connectivity index (χ0) is 18.5. The molecule has 0 radical (unpaired) electrons. The summed E-state index contributed by atoms with van der Waals surface area (Å²) >= 11 is 1.28. The van der Waals surface area contributed by atoms with Crippen molar-refractivity contribution in [3.63, 3.8) is 0 Å². The van der Waals surface area contributed by atoms with Gasteiger partial charge in [-0.2, -0.15) is 5.26 Å². The zero-order valence-electron chi connectivity index (χ0n) is 13.4. The van der Waals surface area contributed by atoms with E-state index in [1.807, 2.05) is 0 Å². The second-order valence-electron chi connectivity index (χ2n) is 5.32. The Bertz CT molecular complexity index is 1090. The normalized spacial score (nSPS) is 10.3.